The summed E-state index contributed by atoms with van der Waals surface area (Å²) in [6.45, 7) is 4.29. The number of nitrogen functional groups attached to an aromatic ring is 1. The number of benzene rings is 1. The van der Waals surface area contributed by atoms with E-state index in [2.05, 4.69) is 4.74 Å². The molecule has 0 saturated heterocycles. The van der Waals surface area contributed by atoms with Crippen molar-refractivity contribution in [2.24, 2.45) is 0 Å². The number of anilines is 1. The van der Waals surface area contributed by atoms with E-state index in [4.69, 9.17) is 5.73 Å². The molecule has 1 aromatic rings. The summed E-state index contributed by atoms with van der Waals surface area (Å²) in [6, 6.07) is 7.33. The van der Waals surface area contributed by atoms with Gasteiger partial charge in [-0.3, -0.25) is 9.59 Å². The standard InChI is InChI=1S/C16H24N2O3/c1-16(2,12-7-9-13(17)10-8-12)15(20)18(3)11-5-6-14(19)21-4/h7-10H,5-6,11,17H2,1-4H3. The predicted octanol–water partition coefficient (Wildman–Crippen LogP) is 1.96. The van der Waals surface area contributed by atoms with Crippen LogP contribution in [-0.4, -0.2) is 37.5 Å². The summed E-state index contributed by atoms with van der Waals surface area (Å²) < 4.78 is 4.59. The number of hydrogen-bond donors (Lipinski definition) is 1. The smallest absolute Gasteiger partial charge is 0.305 e. The molecule has 5 heteroatoms. The Bertz CT molecular complexity index is 495. The van der Waals surface area contributed by atoms with E-state index in [1.54, 1.807) is 24.1 Å². The zero-order valence-corrected chi connectivity index (χ0v) is 13.2. The Kier molecular flexibility index (Phi) is 5.76. The Morgan fingerprint density at radius 2 is 1.81 bits per heavy atom. The normalized spacial score (nSPS) is 11.0. The number of carbonyl (C=O) groups is 2. The van der Waals surface area contributed by atoms with Crippen LogP contribution in [0.5, 0.6) is 0 Å². The first-order valence-corrected chi connectivity index (χ1v) is 6.97. The Balaban J connectivity index is 2.67. The molecule has 0 fully saturated rings. The maximum Gasteiger partial charge on any atom is 0.305 e. The lowest BCUT2D eigenvalue weighted by molar-refractivity contribution is -0.141. The lowest BCUT2D eigenvalue weighted by Crippen LogP contribution is -2.41. The largest absolute Gasteiger partial charge is 0.469 e. The minimum Gasteiger partial charge on any atom is -0.469 e. The fraction of sp³-hybridized carbons (Fsp3) is 0.500. The zero-order valence-electron chi connectivity index (χ0n) is 13.2. The Morgan fingerprint density at radius 1 is 1.24 bits per heavy atom. The van der Waals surface area contributed by atoms with Gasteiger partial charge in [-0.25, -0.2) is 0 Å². The first-order chi connectivity index (χ1) is 9.78. The summed E-state index contributed by atoms with van der Waals surface area (Å²) in [6.07, 6.45) is 0.906. The molecule has 0 aliphatic rings. The number of amides is 1. The molecule has 116 valence electrons. The third kappa shape index (κ3) is 4.48. The second kappa shape index (κ2) is 7.11. The topological polar surface area (TPSA) is 72.6 Å². The first-order valence-electron chi connectivity index (χ1n) is 6.97. The van der Waals surface area contributed by atoms with Crippen LogP contribution in [0.4, 0.5) is 5.69 Å². The quantitative estimate of drug-likeness (QED) is 0.642. The van der Waals surface area contributed by atoms with Crippen molar-refractivity contribution >= 4 is 17.6 Å². The third-order valence-electron chi connectivity index (χ3n) is 3.62. The van der Waals surface area contributed by atoms with Crippen LogP contribution >= 0.6 is 0 Å². The molecule has 21 heavy (non-hydrogen) atoms. The molecule has 0 aliphatic carbocycles. The average molecular weight is 292 g/mol. The van der Waals surface area contributed by atoms with E-state index in [1.165, 1.54) is 7.11 Å². The maximum absolute atomic E-state index is 12.6. The van der Waals surface area contributed by atoms with Crippen LogP contribution in [0.15, 0.2) is 24.3 Å². The van der Waals surface area contributed by atoms with Gasteiger partial charge in [-0.2, -0.15) is 0 Å². The third-order valence-corrected chi connectivity index (χ3v) is 3.62. The molecule has 0 aliphatic heterocycles. The second-order valence-electron chi connectivity index (χ2n) is 5.65. The molecule has 0 spiro atoms. The molecule has 5 nitrogen and oxygen atoms in total. The van der Waals surface area contributed by atoms with Gasteiger partial charge in [0.25, 0.3) is 0 Å². The van der Waals surface area contributed by atoms with Crippen LogP contribution in [0, 0.1) is 0 Å². The average Bonchev–Trinajstić information content (AvgIpc) is 2.46. The number of nitrogens with two attached hydrogens (primary N) is 1. The van der Waals surface area contributed by atoms with Crippen LogP contribution < -0.4 is 5.73 Å². The van der Waals surface area contributed by atoms with E-state index in [-0.39, 0.29) is 11.9 Å². The summed E-state index contributed by atoms with van der Waals surface area (Å²) in [7, 11) is 3.11. The fourth-order valence-electron chi connectivity index (χ4n) is 2.16. The molecule has 1 amide bonds. The number of methoxy groups -OCH3 is 1. The van der Waals surface area contributed by atoms with Gasteiger partial charge in [0.1, 0.15) is 0 Å². The lowest BCUT2D eigenvalue weighted by Gasteiger charge is -2.30. The summed E-state index contributed by atoms with van der Waals surface area (Å²) in [5.74, 6) is -0.245. The monoisotopic (exact) mass is 292 g/mol. The van der Waals surface area contributed by atoms with Gasteiger partial charge in [-0.1, -0.05) is 12.1 Å². The molecule has 0 unspecified atom stereocenters. The van der Waals surface area contributed by atoms with Gasteiger partial charge >= 0.3 is 5.97 Å². The lowest BCUT2D eigenvalue weighted by atomic mass is 9.83. The summed E-state index contributed by atoms with van der Waals surface area (Å²) in [5, 5.41) is 0. The van der Waals surface area contributed by atoms with Gasteiger partial charge in [0.05, 0.1) is 12.5 Å². The minimum atomic E-state index is -0.631. The van der Waals surface area contributed by atoms with Crippen molar-refractivity contribution < 1.29 is 14.3 Å². The Labute approximate surface area is 126 Å². The van der Waals surface area contributed by atoms with E-state index in [0.717, 1.165) is 5.56 Å². The SMILES string of the molecule is COC(=O)CCCN(C)C(=O)C(C)(C)c1ccc(N)cc1. The van der Waals surface area contributed by atoms with Gasteiger partial charge in [0.2, 0.25) is 5.91 Å². The van der Waals surface area contributed by atoms with Gasteiger partial charge in [-0.05, 0) is 38.0 Å². The molecule has 0 heterocycles. The fourth-order valence-corrected chi connectivity index (χ4v) is 2.16. The summed E-state index contributed by atoms with van der Waals surface area (Å²) in [4.78, 5) is 25.3. The molecule has 0 aromatic heterocycles. The summed E-state index contributed by atoms with van der Waals surface area (Å²) in [5.41, 5.74) is 6.64. The van der Waals surface area contributed by atoms with Crippen LogP contribution in [0.3, 0.4) is 0 Å². The molecule has 1 aromatic carbocycles. The van der Waals surface area contributed by atoms with Crippen LogP contribution in [0.1, 0.15) is 32.3 Å². The van der Waals surface area contributed by atoms with Crippen molar-refractivity contribution in [1.82, 2.24) is 4.90 Å². The minimum absolute atomic E-state index is 0.0112. The van der Waals surface area contributed by atoms with E-state index < -0.39 is 5.41 Å². The summed E-state index contributed by atoms with van der Waals surface area (Å²) >= 11 is 0. The molecule has 0 atom stereocenters. The van der Waals surface area contributed by atoms with Gasteiger partial charge in [-0.15, -0.1) is 0 Å². The molecule has 1 rings (SSSR count). The zero-order chi connectivity index (χ0) is 16.0. The van der Waals surface area contributed by atoms with E-state index in [9.17, 15) is 9.59 Å². The highest BCUT2D eigenvalue weighted by Gasteiger charge is 2.32. The number of rotatable bonds is 6. The Morgan fingerprint density at radius 3 is 2.33 bits per heavy atom. The van der Waals surface area contributed by atoms with Crippen LogP contribution in [0.25, 0.3) is 0 Å². The highest BCUT2D eigenvalue weighted by Crippen LogP contribution is 2.26. The van der Waals surface area contributed by atoms with Crippen LogP contribution in [-0.2, 0) is 19.7 Å². The second-order valence-corrected chi connectivity index (χ2v) is 5.65. The van der Waals surface area contributed by atoms with Crippen molar-refractivity contribution in [3.05, 3.63) is 29.8 Å². The number of likely N-dealkylation sites (N-methyl/N-ethyl adjacent to an activating group) is 1. The van der Waals surface area contributed by atoms with E-state index in [0.29, 0.717) is 25.1 Å². The van der Waals surface area contributed by atoms with Crippen molar-refractivity contribution in [3.8, 4) is 0 Å². The van der Waals surface area contributed by atoms with Crippen molar-refractivity contribution in [3.63, 3.8) is 0 Å². The van der Waals surface area contributed by atoms with Gasteiger partial charge in [0, 0.05) is 25.7 Å². The molecule has 0 radical (unpaired) electrons. The van der Waals surface area contributed by atoms with Gasteiger partial charge < -0.3 is 15.4 Å². The predicted molar refractivity (Wildman–Crippen MR) is 82.8 cm³/mol. The van der Waals surface area contributed by atoms with E-state index >= 15 is 0 Å². The van der Waals surface area contributed by atoms with Crippen molar-refractivity contribution in [2.75, 3.05) is 26.4 Å². The van der Waals surface area contributed by atoms with E-state index in [1.807, 2.05) is 26.0 Å². The molecule has 0 saturated carbocycles. The van der Waals surface area contributed by atoms with Crippen LogP contribution in [0.2, 0.25) is 0 Å². The van der Waals surface area contributed by atoms with Crippen molar-refractivity contribution in [2.45, 2.75) is 32.1 Å². The molecular weight excluding hydrogens is 268 g/mol. The molecule has 0 bridgehead atoms. The number of nitrogens with zero attached hydrogens (tertiary/aromatic N) is 1. The first kappa shape index (κ1) is 17.0. The van der Waals surface area contributed by atoms with Gasteiger partial charge in [0.15, 0.2) is 0 Å². The number of hydrogen-bond acceptors (Lipinski definition) is 4. The number of ether oxygens (including phenoxy) is 1. The highest BCUT2D eigenvalue weighted by atomic mass is 16.5. The molecule has 2 N–H and O–H groups in total. The van der Waals surface area contributed by atoms with Crippen molar-refractivity contribution in [1.29, 1.82) is 0 Å². The Hall–Kier alpha value is -2.04. The highest BCUT2D eigenvalue weighted by molar-refractivity contribution is 5.87. The molecular formula is C16H24N2O3. The number of carbonyl (C=O) groups excluding carboxylic acids is 2. The number of esters is 1. The maximum atomic E-state index is 12.6.